The molecule has 0 saturated heterocycles. The quantitative estimate of drug-likeness (QED) is 0.447. The molecule has 1 aromatic heterocycles. The first-order valence-corrected chi connectivity index (χ1v) is 8.32. The van der Waals surface area contributed by atoms with Gasteiger partial charge in [-0.2, -0.15) is 0 Å². The number of carbonyl (C=O) groups excluding carboxylic acids is 2. The van der Waals surface area contributed by atoms with Crippen molar-refractivity contribution in [3.8, 4) is 0 Å². The normalized spacial score (nSPS) is 12.1. The number of ketones is 1. The lowest BCUT2D eigenvalue weighted by Crippen LogP contribution is -2.10. The van der Waals surface area contributed by atoms with Crippen LogP contribution in [0.15, 0.2) is 16.5 Å². The average Bonchev–Trinajstić information content (AvgIpc) is 2.96. The van der Waals surface area contributed by atoms with Gasteiger partial charge in [-0.05, 0) is 37.8 Å². The summed E-state index contributed by atoms with van der Waals surface area (Å²) < 4.78 is 10.7. The zero-order valence-corrected chi connectivity index (χ0v) is 14.0. The summed E-state index contributed by atoms with van der Waals surface area (Å²) in [4.78, 5) is 23.3. The first kappa shape index (κ1) is 18.5. The second kappa shape index (κ2) is 10.2. The van der Waals surface area contributed by atoms with Gasteiger partial charge in [0.15, 0.2) is 0 Å². The molecular weight excluding hydrogens is 280 g/mol. The lowest BCUT2D eigenvalue weighted by atomic mass is 9.99. The van der Waals surface area contributed by atoms with Gasteiger partial charge in [0, 0.05) is 25.2 Å². The van der Waals surface area contributed by atoms with Gasteiger partial charge >= 0.3 is 5.97 Å². The fourth-order valence-electron chi connectivity index (χ4n) is 2.15. The van der Waals surface area contributed by atoms with E-state index in [4.69, 9.17) is 9.15 Å². The highest BCUT2D eigenvalue weighted by atomic mass is 16.5. The molecule has 0 aliphatic carbocycles. The van der Waals surface area contributed by atoms with Crippen molar-refractivity contribution >= 4 is 11.8 Å². The molecule has 22 heavy (non-hydrogen) atoms. The maximum absolute atomic E-state index is 11.7. The van der Waals surface area contributed by atoms with Gasteiger partial charge in [0.05, 0.1) is 0 Å². The van der Waals surface area contributed by atoms with Gasteiger partial charge in [-0.25, -0.2) is 0 Å². The number of aryl methyl sites for hydroxylation is 1. The fraction of sp³-hybridized carbons (Fsp3) is 0.667. The second-order valence-corrected chi connectivity index (χ2v) is 5.76. The first-order chi connectivity index (χ1) is 10.6. The van der Waals surface area contributed by atoms with Crippen LogP contribution in [-0.2, 0) is 27.4 Å². The van der Waals surface area contributed by atoms with Crippen molar-refractivity contribution < 1.29 is 18.7 Å². The van der Waals surface area contributed by atoms with Gasteiger partial charge in [-0.1, -0.05) is 20.8 Å². The summed E-state index contributed by atoms with van der Waals surface area (Å²) in [7, 11) is 0. The molecule has 1 aromatic rings. The summed E-state index contributed by atoms with van der Waals surface area (Å²) in [5.41, 5.74) is 0. The maximum atomic E-state index is 11.7. The molecule has 0 amide bonds. The van der Waals surface area contributed by atoms with Gasteiger partial charge in [-0.3, -0.25) is 9.59 Å². The van der Waals surface area contributed by atoms with Crippen LogP contribution in [0.25, 0.3) is 0 Å². The van der Waals surface area contributed by atoms with E-state index >= 15 is 0 Å². The van der Waals surface area contributed by atoms with Crippen LogP contribution in [0.5, 0.6) is 0 Å². The number of hydrogen-bond acceptors (Lipinski definition) is 4. The van der Waals surface area contributed by atoms with E-state index in [-0.39, 0.29) is 24.3 Å². The number of Topliss-reactive ketones (excluding diaryl/α,β-unsaturated/α-hetero) is 1. The van der Waals surface area contributed by atoms with E-state index in [0.29, 0.717) is 25.0 Å². The van der Waals surface area contributed by atoms with Crippen molar-refractivity contribution in [2.45, 2.75) is 72.3 Å². The molecule has 0 spiro atoms. The summed E-state index contributed by atoms with van der Waals surface area (Å²) in [6.07, 6.45) is 5.17. The molecule has 0 bridgehead atoms. The number of esters is 1. The third-order valence-corrected chi connectivity index (χ3v) is 3.81. The SMILES string of the molecule is CCCc1ccc(COC(=O)CCCCC(=O)C(C)CC)o1. The highest BCUT2D eigenvalue weighted by molar-refractivity contribution is 5.80. The largest absolute Gasteiger partial charge is 0.462 e. The van der Waals surface area contributed by atoms with E-state index in [1.807, 2.05) is 26.0 Å². The van der Waals surface area contributed by atoms with Crippen molar-refractivity contribution in [2.75, 3.05) is 0 Å². The number of carbonyl (C=O) groups is 2. The van der Waals surface area contributed by atoms with Crippen LogP contribution >= 0.6 is 0 Å². The lowest BCUT2D eigenvalue weighted by Gasteiger charge is -2.07. The predicted molar refractivity (Wildman–Crippen MR) is 85.4 cm³/mol. The van der Waals surface area contributed by atoms with Crippen molar-refractivity contribution in [2.24, 2.45) is 5.92 Å². The zero-order valence-electron chi connectivity index (χ0n) is 14.0. The van der Waals surface area contributed by atoms with Gasteiger partial charge in [0.2, 0.25) is 0 Å². The summed E-state index contributed by atoms with van der Waals surface area (Å²) in [6, 6.07) is 3.77. The van der Waals surface area contributed by atoms with Crippen LogP contribution in [0, 0.1) is 5.92 Å². The molecule has 1 atom stereocenters. The molecule has 124 valence electrons. The van der Waals surface area contributed by atoms with Gasteiger partial charge in [-0.15, -0.1) is 0 Å². The van der Waals surface area contributed by atoms with Crippen LogP contribution in [0.3, 0.4) is 0 Å². The molecule has 1 rings (SSSR count). The highest BCUT2D eigenvalue weighted by Crippen LogP contribution is 2.13. The third kappa shape index (κ3) is 6.92. The molecule has 0 aliphatic rings. The van der Waals surface area contributed by atoms with Crippen LogP contribution in [0.1, 0.15) is 70.8 Å². The summed E-state index contributed by atoms with van der Waals surface area (Å²) in [6.45, 7) is 6.25. The van der Waals surface area contributed by atoms with E-state index in [2.05, 4.69) is 6.92 Å². The number of ether oxygens (including phenoxy) is 1. The minimum absolute atomic E-state index is 0.128. The smallest absolute Gasteiger partial charge is 0.306 e. The molecule has 0 N–H and O–H groups in total. The number of rotatable bonds is 11. The van der Waals surface area contributed by atoms with Crippen LogP contribution in [-0.4, -0.2) is 11.8 Å². The number of furan rings is 1. The first-order valence-electron chi connectivity index (χ1n) is 8.32. The molecule has 4 heteroatoms. The fourth-order valence-corrected chi connectivity index (χ4v) is 2.15. The van der Waals surface area contributed by atoms with Crippen molar-refractivity contribution in [1.29, 1.82) is 0 Å². The van der Waals surface area contributed by atoms with E-state index in [0.717, 1.165) is 31.4 Å². The molecule has 1 unspecified atom stereocenters. The Balaban J connectivity index is 2.14. The van der Waals surface area contributed by atoms with E-state index < -0.39 is 0 Å². The monoisotopic (exact) mass is 308 g/mol. The average molecular weight is 308 g/mol. The highest BCUT2D eigenvalue weighted by Gasteiger charge is 2.11. The number of unbranched alkanes of at least 4 members (excludes halogenated alkanes) is 1. The topological polar surface area (TPSA) is 56.5 Å². The molecule has 0 aromatic carbocycles. The number of hydrogen-bond donors (Lipinski definition) is 0. The van der Waals surface area contributed by atoms with Crippen LogP contribution in [0.4, 0.5) is 0 Å². The second-order valence-electron chi connectivity index (χ2n) is 5.76. The molecule has 0 saturated carbocycles. The Bertz CT molecular complexity index is 461. The summed E-state index contributed by atoms with van der Waals surface area (Å²) >= 11 is 0. The Morgan fingerprint density at radius 2 is 1.82 bits per heavy atom. The summed E-state index contributed by atoms with van der Waals surface area (Å²) in [5, 5.41) is 0. The van der Waals surface area contributed by atoms with Crippen molar-refractivity contribution in [3.05, 3.63) is 23.7 Å². The Labute approximate surface area is 133 Å². The third-order valence-electron chi connectivity index (χ3n) is 3.81. The van der Waals surface area contributed by atoms with Gasteiger partial charge in [0.25, 0.3) is 0 Å². The predicted octanol–water partition coefficient (Wildman–Crippen LogP) is 4.45. The molecular formula is C18H28O4. The van der Waals surface area contributed by atoms with Crippen LogP contribution < -0.4 is 0 Å². The minimum Gasteiger partial charge on any atom is -0.462 e. The van der Waals surface area contributed by atoms with Crippen molar-refractivity contribution in [3.63, 3.8) is 0 Å². The van der Waals surface area contributed by atoms with Crippen molar-refractivity contribution in [1.82, 2.24) is 0 Å². The molecule has 0 fully saturated rings. The van der Waals surface area contributed by atoms with Crippen LogP contribution in [0.2, 0.25) is 0 Å². The lowest BCUT2D eigenvalue weighted by molar-refractivity contribution is -0.145. The Kier molecular flexibility index (Phi) is 8.56. The van der Waals surface area contributed by atoms with Gasteiger partial charge < -0.3 is 9.15 Å². The molecule has 4 nitrogen and oxygen atoms in total. The maximum Gasteiger partial charge on any atom is 0.306 e. The molecule has 0 aliphatic heterocycles. The molecule has 0 radical (unpaired) electrons. The minimum atomic E-state index is -0.232. The van der Waals surface area contributed by atoms with E-state index in [9.17, 15) is 9.59 Å². The van der Waals surface area contributed by atoms with E-state index in [1.165, 1.54) is 0 Å². The Morgan fingerprint density at radius 1 is 1.14 bits per heavy atom. The Morgan fingerprint density at radius 3 is 2.50 bits per heavy atom. The molecule has 1 heterocycles. The summed E-state index contributed by atoms with van der Waals surface area (Å²) in [5.74, 6) is 1.79. The zero-order chi connectivity index (χ0) is 16.4. The van der Waals surface area contributed by atoms with E-state index in [1.54, 1.807) is 0 Å². The van der Waals surface area contributed by atoms with Gasteiger partial charge in [0.1, 0.15) is 23.9 Å². The standard InChI is InChI=1S/C18H28O4/c1-4-8-15-11-12-16(22-15)13-21-18(20)10-7-6-9-17(19)14(3)5-2/h11-12,14H,4-10,13H2,1-3H3. The Hall–Kier alpha value is -1.58.